The summed E-state index contributed by atoms with van der Waals surface area (Å²) >= 11 is 6.43. The molecular formula is C19H16N2O4S2. The van der Waals surface area contributed by atoms with Crippen molar-refractivity contribution in [2.45, 2.75) is 12.8 Å². The third kappa shape index (κ3) is 5.15. The Labute approximate surface area is 165 Å². The lowest BCUT2D eigenvalue weighted by atomic mass is 10.2. The number of nitrogens with zero attached hydrogens (tertiary/aromatic N) is 2. The molecule has 0 aliphatic carbocycles. The highest BCUT2D eigenvalue weighted by atomic mass is 32.2. The van der Waals surface area contributed by atoms with Gasteiger partial charge in [0.25, 0.3) is 5.91 Å². The van der Waals surface area contributed by atoms with Crippen molar-refractivity contribution in [3.05, 3.63) is 59.1 Å². The van der Waals surface area contributed by atoms with E-state index in [1.54, 1.807) is 18.3 Å². The highest BCUT2D eigenvalue weighted by molar-refractivity contribution is 8.26. The molecule has 1 aromatic heterocycles. The summed E-state index contributed by atoms with van der Waals surface area (Å²) in [5.74, 6) is 0.0550. The number of benzene rings is 1. The Bertz CT molecular complexity index is 882. The van der Waals surface area contributed by atoms with Crippen LogP contribution in [0.2, 0.25) is 0 Å². The zero-order valence-electron chi connectivity index (χ0n) is 14.2. The number of hydrogen-bond donors (Lipinski definition) is 1. The molecule has 0 atom stereocenters. The number of thiocarbonyl (C=S) groups is 1. The smallest absolute Gasteiger partial charge is 0.303 e. The molecule has 0 bridgehead atoms. The number of carboxylic acid groups (broad SMARTS) is 1. The van der Waals surface area contributed by atoms with Gasteiger partial charge >= 0.3 is 5.97 Å². The molecule has 1 amide bonds. The van der Waals surface area contributed by atoms with Gasteiger partial charge < -0.3 is 9.84 Å². The lowest BCUT2D eigenvalue weighted by Gasteiger charge is -2.13. The van der Waals surface area contributed by atoms with Crippen molar-refractivity contribution in [1.82, 2.24) is 9.88 Å². The van der Waals surface area contributed by atoms with Crippen LogP contribution in [-0.4, -0.2) is 37.7 Å². The minimum atomic E-state index is -0.889. The summed E-state index contributed by atoms with van der Waals surface area (Å²) in [7, 11) is 0. The fourth-order valence-electron chi connectivity index (χ4n) is 2.38. The van der Waals surface area contributed by atoms with E-state index in [2.05, 4.69) is 4.98 Å². The summed E-state index contributed by atoms with van der Waals surface area (Å²) in [5, 5.41) is 8.71. The topological polar surface area (TPSA) is 79.7 Å². The van der Waals surface area contributed by atoms with Crippen molar-refractivity contribution in [2.24, 2.45) is 0 Å². The SMILES string of the molecule is O=C(O)CCCN1C(=O)/C(=C/c2ccc(Oc3ccccc3)nc2)SC1=S. The molecule has 6 nitrogen and oxygen atoms in total. The van der Waals surface area contributed by atoms with E-state index >= 15 is 0 Å². The van der Waals surface area contributed by atoms with E-state index in [4.69, 9.17) is 22.1 Å². The van der Waals surface area contributed by atoms with Gasteiger partial charge in [-0.05, 0) is 36.3 Å². The second-order valence-corrected chi connectivity index (χ2v) is 7.35. The maximum absolute atomic E-state index is 12.5. The molecule has 1 saturated heterocycles. The van der Waals surface area contributed by atoms with Gasteiger partial charge in [0.15, 0.2) is 0 Å². The monoisotopic (exact) mass is 400 g/mol. The Morgan fingerprint density at radius 2 is 2.04 bits per heavy atom. The maximum Gasteiger partial charge on any atom is 0.303 e. The lowest BCUT2D eigenvalue weighted by molar-refractivity contribution is -0.137. The minimum Gasteiger partial charge on any atom is -0.481 e. The Hall–Kier alpha value is -2.71. The van der Waals surface area contributed by atoms with Gasteiger partial charge in [0.2, 0.25) is 5.88 Å². The molecule has 0 unspecified atom stereocenters. The van der Waals surface area contributed by atoms with E-state index in [9.17, 15) is 9.59 Å². The number of carbonyl (C=O) groups excluding carboxylic acids is 1. The Morgan fingerprint density at radius 1 is 1.26 bits per heavy atom. The predicted octanol–water partition coefficient (Wildman–Crippen LogP) is 3.94. The maximum atomic E-state index is 12.5. The number of aromatic nitrogens is 1. The second kappa shape index (κ2) is 8.79. The number of para-hydroxylation sites is 1. The molecule has 2 aromatic rings. The molecule has 8 heteroatoms. The normalized spacial score (nSPS) is 15.4. The molecule has 0 spiro atoms. The summed E-state index contributed by atoms with van der Waals surface area (Å²) in [4.78, 5) is 29.3. The molecule has 27 heavy (non-hydrogen) atoms. The summed E-state index contributed by atoms with van der Waals surface area (Å²) in [6.07, 6.45) is 3.70. The number of rotatable bonds is 7. The summed E-state index contributed by atoms with van der Waals surface area (Å²) in [6, 6.07) is 12.9. The van der Waals surface area contributed by atoms with Gasteiger partial charge in [0.05, 0.1) is 4.91 Å². The highest BCUT2D eigenvalue weighted by Gasteiger charge is 2.31. The first-order valence-electron chi connectivity index (χ1n) is 8.19. The van der Waals surface area contributed by atoms with Crippen LogP contribution in [0, 0.1) is 0 Å². The van der Waals surface area contributed by atoms with Crippen molar-refractivity contribution in [3.8, 4) is 11.6 Å². The van der Waals surface area contributed by atoms with Crippen molar-refractivity contribution in [3.63, 3.8) is 0 Å². The summed E-state index contributed by atoms with van der Waals surface area (Å²) in [5.41, 5.74) is 0.751. The molecule has 1 N–H and O–H groups in total. The molecule has 2 heterocycles. The van der Waals surface area contributed by atoms with E-state index in [0.29, 0.717) is 33.8 Å². The van der Waals surface area contributed by atoms with Crippen molar-refractivity contribution >= 4 is 46.3 Å². The van der Waals surface area contributed by atoms with Gasteiger partial charge in [-0.2, -0.15) is 0 Å². The fraction of sp³-hybridized carbons (Fsp3) is 0.158. The Morgan fingerprint density at radius 3 is 2.70 bits per heavy atom. The number of thioether (sulfide) groups is 1. The van der Waals surface area contributed by atoms with Crippen molar-refractivity contribution < 1.29 is 19.4 Å². The third-order valence-corrected chi connectivity index (χ3v) is 5.05. The first-order chi connectivity index (χ1) is 13.0. The number of pyridine rings is 1. The van der Waals surface area contributed by atoms with E-state index < -0.39 is 5.97 Å². The fourth-order valence-corrected chi connectivity index (χ4v) is 3.69. The Kier molecular flexibility index (Phi) is 6.20. The number of carboxylic acids is 1. The number of carbonyl (C=O) groups is 2. The average Bonchev–Trinajstić information content (AvgIpc) is 2.91. The minimum absolute atomic E-state index is 0.00288. The molecule has 1 aliphatic heterocycles. The highest BCUT2D eigenvalue weighted by Crippen LogP contribution is 2.32. The molecule has 1 aromatic carbocycles. The van der Waals surface area contributed by atoms with Crippen LogP contribution in [0.15, 0.2) is 53.6 Å². The molecule has 1 aliphatic rings. The number of amides is 1. The molecule has 1 fully saturated rings. The second-order valence-electron chi connectivity index (χ2n) is 5.68. The van der Waals surface area contributed by atoms with E-state index in [0.717, 1.165) is 5.56 Å². The lowest BCUT2D eigenvalue weighted by Crippen LogP contribution is -2.29. The van der Waals surface area contributed by atoms with E-state index in [-0.39, 0.29) is 12.3 Å². The van der Waals surface area contributed by atoms with Gasteiger partial charge in [-0.25, -0.2) is 4.98 Å². The average molecular weight is 400 g/mol. The van der Waals surface area contributed by atoms with Crippen LogP contribution in [0.25, 0.3) is 6.08 Å². The quantitative estimate of drug-likeness (QED) is 0.557. The molecular weight excluding hydrogens is 384 g/mol. The van der Waals surface area contributed by atoms with E-state index in [1.165, 1.54) is 16.7 Å². The van der Waals surface area contributed by atoms with Crippen LogP contribution in [-0.2, 0) is 9.59 Å². The van der Waals surface area contributed by atoms with Gasteiger partial charge in [-0.1, -0.05) is 42.2 Å². The molecule has 3 rings (SSSR count). The van der Waals surface area contributed by atoms with Crippen molar-refractivity contribution in [1.29, 1.82) is 0 Å². The van der Waals surface area contributed by atoms with Crippen LogP contribution >= 0.6 is 24.0 Å². The third-order valence-electron chi connectivity index (χ3n) is 3.67. The van der Waals surface area contributed by atoms with Gasteiger partial charge in [0, 0.05) is 25.2 Å². The number of aliphatic carboxylic acids is 1. The van der Waals surface area contributed by atoms with Gasteiger partial charge in [0.1, 0.15) is 10.1 Å². The Balaban J connectivity index is 1.65. The summed E-state index contributed by atoms with van der Waals surface area (Å²) < 4.78 is 6.08. The standard InChI is InChI=1S/C19H16N2O4S2/c22-17(23)7-4-10-21-18(24)15(27-19(21)26)11-13-8-9-16(20-12-13)25-14-5-2-1-3-6-14/h1-3,5-6,8-9,11-12H,4,7,10H2,(H,22,23)/b15-11-. The van der Waals surface area contributed by atoms with Crippen LogP contribution in [0.5, 0.6) is 11.6 Å². The van der Waals surface area contributed by atoms with E-state index in [1.807, 2.05) is 36.4 Å². The van der Waals surface area contributed by atoms with Crippen LogP contribution in [0.1, 0.15) is 18.4 Å². The zero-order valence-corrected chi connectivity index (χ0v) is 15.8. The van der Waals surface area contributed by atoms with Crippen LogP contribution < -0.4 is 4.74 Å². The predicted molar refractivity (Wildman–Crippen MR) is 108 cm³/mol. The first kappa shape index (κ1) is 19.1. The molecule has 0 radical (unpaired) electrons. The van der Waals surface area contributed by atoms with Crippen LogP contribution in [0.4, 0.5) is 0 Å². The summed E-state index contributed by atoms with van der Waals surface area (Å²) in [6.45, 7) is 0.302. The van der Waals surface area contributed by atoms with Crippen molar-refractivity contribution in [2.75, 3.05) is 6.54 Å². The van der Waals surface area contributed by atoms with Gasteiger partial charge in [-0.15, -0.1) is 0 Å². The van der Waals surface area contributed by atoms with Crippen LogP contribution in [0.3, 0.4) is 0 Å². The number of hydrogen-bond acceptors (Lipinski definition) is 6. The van der Waals surface area contributed by atoms with Gasteiger partial charge in [-0.3, -0.25) is 14.5 Å². The first-order valence-corrected chi connectivity index (χ1v) is 9.41. The zero-order chi connectivity index (χ0) is 19.2. The molecule has 138 valence electrons. The number of ether oxygens (including phenoxy) is 1. The largest absolute Gasteiger partial charge is 0.481 e. The molecule has 0 saturated carbocycles.